The van der Waals surface area contributed by atoms with E-state index in [9.17, 15) is 9.59 Å². The van der Waals surface area contributed by atoms with Crippen LogP contribution in [0.1, 0.15) is 29.5 Å². The number of hydrogen-bond donors (Lipinski definition) is 2. The van der Waals surface area contributed by atoms with Gasteiger partial charge in [-0.1, -0.05) is 66.7 Å². The minimum atomic E-state index is -0.880. The average molecular weight is 496 g/mol. The quantitative estimate of drug-likeness (QED) is 0.360. The largest absolute Gasteiger partial charge is 0.449 e. The molecule has 0 bridgehead atoms. The number of fused-ring (bicyclic) bond motifs is 4. The van der Waals surface area contributed by atoms with Crippen molar-refractivity contribution >= 4 is 33.4 Å². The highest BCUT2D eigenvalue weighted by atomic mass is 32.1. The lowest BCUT2D eigenvalue weighted by atomic mass is 9.98. The number of alkyl carbamates (subject to hydrolysis) is 1. The Morgan fingerprint density at radius 1 is 0.972 bits per heavy atom. The maximum absolute atomic E-state index is 13.0. The number of amides is 2. The Labute approximate surface area is 213 Å². The molecule has 5 rings (SSSR count). The van der Waals surface area contributed by atoms with Crippen LogP contribution in [-0.2, 0) is 16.0 Å². The number of rotatable bonds is 7. The second-order valence-electron chi connectivity index (χ2n) is 8.84. The van der Waals surface area contributed by atoms with Crippen molar-refractivity contribution in [2.45, 2.75) is 31.3 Å². The fourth-order valence-electron chi connectivity index (χ4n) is 4.75. The van der Waals surface area contributed by atoms with E-state index in [1.165, 1.54) is 0 Å². The monoisotopic (exact) mass is 495 g/mol. The molecular weight excluding hydrogens is 470 g/mol. The van der Waals surface area contributed by atoms with Gasteiger partial charge in [0.1, 0.15) is 18.7 Å². The maximum atomic E-state index is 13.0. The van der Waals surface area contributed by atoms with Crippen LogP contribution in [0.25, 0.3) is 21.2 Å². The lowest BCUT2D eigenvalue weighted by molar-refractivity contribution is -0.123. The first kappa shape index (κ1) is 23.6. The summed E-state index contributed by atoms with van der Waals surface area (Å²) in [7, 11) is 0. The van der Waals surface area contributed by atoms with Crippen LogP contribution < -0.4 is 10.6 Å². The van der Waals surface area contributed by atoms with Gasteiger partial charge in [0.05, 0.1) is 6.07 Å². The molecule has 7 heteroatoms. The lowest BCUT2D eigenvalue weighted by Gasteiger charge is -2.20. The molecule has 0 saturated heterocycles. The summed E-state index contributed by atoms with van der Waals surface area (Å²) in [4.78, 5) is 25.9. The fourth-order valence-corrected chi connectivity index (χ4v) is 5.72. The summed E-state index contributed by atoms with van der Waals surface area (Å²) in [5.41, 5.74) is 5.49. The third kappa shape index (κ3) is 4.68. The summed E-state index contributed by atoms with van der Waals surface area (Å²) in [6.07, 6.45) is -0.376. The number of nitrogens with one attached hydrogen (secondary N) is 2. The molecule has 1 aliphatic rings. The van der Waals surface area contributed by atoms with Crippen LogP contribution in [0.15, 0.2) is 78.2 Å². The van der Waals surface area contributed by atoms with Gasteiger partial charge in [-0.2, -0.15) is 5.26 Å². The van der Waals surface area contributed by atoms with Crippen LogP contribution in [0, 0.1) is 11.3 Å². The normalized spacial score (nSPS) is 13.8. The lowest BCUT2D eigenvalue weighted by Crippen LogP contribution is -2.50. The molecule has 0 saturated carbocycles. The Balaban J connectivity index is 1.32. The van der Waals surface area contributed by atoms with E-state index in [1.54, 1.807) is 18.3 Å². The molecule has 2 atom stereocenters. The molecule has 0 aliphatic heterocycles. The SMILES string of the molecule is CC(C#N)NC(=O)C(Cc1csc2ccccc12)NC(=O)OCC1c2ccccc2-c2ccccc21. The average Bonchev–Trinajstić information content (AvgIpc) is 3.46. The molecule has 3 aromatic carbocycles. The van der Waals surface area contributed by atoms with Crippen LogP contribution in [0.4, 0.5) is 4.79 Å². The van der Waals surface area contributed by atoms with Gasteiger partial charge in [0.25, 0.3) is 0 Å². The Kier molecular flexibility index (Phi) is 6.70. The fraction of sp³-hybridized carbons (Fsp3) is 0.207. The number of thiophene rings is 1. The minimum absolute atomic E-state index is 0.0742. The predicted molar refractivity (Wildman–Crippen MR) is 141 cm³/mol. The van der Waals surface area contributed by atoms with E-state index >= 15 is 0 Å². The number of nitriles is 1. The van der Waals surface area contributed by atoms with Gasteiger partial charge in [0, 0.05) is 17.0 Å². The van der Waals surface area contributed by atoms with Gasteiger partial charge >= 0.3 is 6.09 Å². The second kappa shape index (κ2) is 10.2. The molecule has 2 amide bonds. The van der Waals surface area contributed by atoms with Crippen molar-refractivity contribution in [3.8, 4) is 17.2 Å². The molecule has 180 valence electrons. The van der Waals surface area contributed by atoms with Crippen molar-refractivity contribution < 1.29 is 14.3 Å². The molecule has 0 radical (unpaired) electrons. The topological polar surface area (TPSA) is 91.2 Å². The standard InChI is InChI=1S/C29H25N3O3S/c1-18(15-30)31-28(33)26(14-19-17-36-27-13-7-6-8-20(19)27)32-29(34)35-16-25-23-11-4-2-9-21(23)22-10-3-5-12-24(22)25/h2-13,17-18,25-26H,14,16H2,1H3,(H,31,33)(H,32,34). The van der Waals surface area contributed by atoms with Gasteiger partial charge in [-0.05, 0) is 51.6 Å². The molecule has 0 spiro atoms. The van der Waals surface area contributed by atoms with Gasteiger partial charge < -0.3 is 15.4 Å². The maximum Gasteiger partial charge on any atom is 0.407 e. The van der Waals surface area contributed by atoms with Gasteiger partial charge in [0.15, 0.2) is 0 Å². The third-order valence-electron chi connectivity index (χ3n) is 6.49. The molecule has 2 unspecified atom stereocenters. The van der Waals surface area contributed by atoms with Crippen molar-refractivity contribution in [3.63, 3.8) is 0 Å². The molecule has 0 fully saturated rings. The van der Waals surface area contributed by atoms with Crippen LogP contribution in [-0.4, -0.2) is 30.7 Å². The highest BCUT2D eigenvalue weighted by molar-refractivity contribution is 7.17. The Morgan fingerprint density at radius 2 is 1.61 bits per heavy atom. The van der Waals surface area contributed by atoms with E-state index in [1.807, 2.05) is 60.0 Å². The van der Waals surface area contributed by atoms with E-state index in [2.05, 4.69) is 34.9 Å². The van der Waals surface area contributed by atoms with Crippen LogP contribution >= 0.6 is 11.3 Å². The number of hydrogen-bond acceptors (Lipinski definition) is 5. The van der Waals surface area contributed by atoms with Crippen molar-refractivity contribution in [2.24, 2.45) is 0 Å². The smallest absolute Gasteiger partial charge is 0.407 e. The predicted octanol–water partition coefficient (Wildman–Crippen LogP) is 5.38. The Morgan fingerprint density at radius 3 is 2.31 bits per heavy atom. The first-order valence-electron chi connectivity index (χ1n) is 11.8. The molecule has 1 aliphatic carbocycles. The van der Waals surface area contributed by atoms with E-state index < -0.39 is 24.1 Å². The first-order chi connectivity index (χ1) is 17.5. The van der Waals surface area contributed by atoms with Crippen molar-refractivity contribution in [1.29, 1.82) is 5.26 Å². The van der Waals surface area contributed by atoms with Gasteiger partial charge in [0.2, 0.25) is 5.91 Å². The zero-order valence-electron chi connectivity index (χ0n) is 19.7. The van der Waals surface area contributed by atoms with E-state index in [0.29, 0.717) is 0 Å². The highest BCUT2D eigenvalue weighted by Crippen LogP contribution is 2.44. The third-order valence-corrected chi connectivity index (χ3v) is 7.50. The molecule has 4 aromatic rings. The number of carbonyl (C=O) groups is 2. The Bertz CT molecular complexity index is 1430. The van der Waals surface area contributed by atoms with Gasteiger partial charge in [-0.15, -0.1) is 11.3 Å². The second-order valence-corrected chi connectivity index (χ2v) is 9.75. The van der Waals surface area contributed by atoms with Crippen LogP contribution in [0.2, 0.25) is 0 Å². The molecule has 1 heterocycles. The summed E-state index contributed by atoms with van der Waals surface area (Å²) in [5.74, 6) is -0.498. The summed E-state index contributed by atoms with van der Waals surface area (Å²) in [5, 5.41) is 17.6. The van der Waals surface area contributed by atoms with Gasteiger partial charge in [-0.3, -0.25) is 4.79 Å². The number of benzene rings is 3. The zero-order valence-corrected chi connectivity index (χ0v) is 20.5. The highest BCUT2D eigenvalue weighted by Gasteiger charge is 2.30. The van der Waals surface area contributed by atoms with Crippen molar-refractivity contribution in [1.82, 2.24) is 10.6 Å². The first-order valence-corrected chi connectivity index (χ1v) is 12.7. The molecule has 36 heavy (non-hydrogen) atoms. The molecular formula is C29H25N3O3S. The van der Waals surface area contributed by atoms with E-state index in [-0.39, 0.29) is 18.9 Å². The number of nitrogens with zero attached hydrogens (tertiary/aromatic N) is 1. The minimum Gasteiger partial charge on any atom is -0.449 e. The van der Waals surface area contributed by atoms with E-state index in [4.69, 9.17) is 10.00 Å². The van der Waals surface area contributed by atoms with Crippen LogP contribution in [0.5, 0.6) is 0 Å². The zero-order chi connectivity index (χ0) is 25.1. The summed E-state index contributed by atoms with van der Waals surface area (Å²) in [6, 6.07) is 24.6. The van der Waals surface area contributed by atoms with Crippen molar-refractivity contribution in [3.05, 3.63) is 94.9 Å². The number of ether oxygens (including phenoxy) is 1. The molecule has 1 aromatic heterocycles. The van der Waals surface area contributed by atoms with Crippen molar-refractivity contribution in [2.75, 3.05) is 6.61 Å². The van der Waals surface area contributed by atoms with Crippen LogP contribution in [0.3, 0.4) is 0 Å². The van der Waals surface area contributed by atoms with Gasteiger partial charge in [-0.25, -0.2) is 4.79 Å². The summed E-state index contributed by atoms with van der Waals surface area (Å²) >= 11 is 1.59. The molecule has 2 N–H and O–H groups in total. The number of carbonyl (C=O) groups excluding carboxylic acids is 2. The Hall–Kier alpha value is -4.15. The van der Waals surface area contributed by atoms with E-state index in [0.717, 1.165) is 37.9 Å². The summed E-state index contributed by atoms with van der Waals surface area (Å²) < 4.78 is 6.78. The molecule has 6 nitrogen and oxygen atoms in total. The summed E-state index contributed by atoms with van der Waals surface area (Å²) in [6.45, 7) is 1.76.